The molecule has 12 rings (SSSR count). The Morgan fingerprint density at radius 1 is 0.311 bits per heavy atom. The van der Waals surface area contributed by atoms with Crippen LogP contribution in [-0.2, 0) is 0 Å². The van der Waals surface area contributed by atoms with Crippen molar-refractivity contribution in [2.75, 3.05) is 0 Å². The van der Waals surface area contributed by atoms with Crippen molar-refractivity contribution in [3.63, 3.8) is 0 Å². The van der Waals surface area contributed by atoms with E-state index in [0.717, 1.165) is 94.0 Å². The first-order chi connectivity index (χ1) is 30.2. The molecule has 0 aliphatic heterocycles. The van der Waals surface area contributed by atoms with Crippen LogP contribution in [0.15, 0.2) is 200 Å². The van der Waals surface area contributed by atoms with Gasteiger partial charge in [-0.05, 0) is 72.3 Å². The van der Waals surface area contributed by atoms with Gasteiger partial charge in [0, 0.05) is 49.0 Å². The van der Waals surface area contributed by atoms with Crippen LogP contribution in [0.5, 0.6) is 0 Å². The van der Waals surface area contributed by atoms with Crippen molar-refractivity contribution in [1.29, 1.82) is 10.5 Å². The maximum atomic E-state index is 10.7. The van der Waals surface area contributed by atoms with E-state index in [2.05, 4.69) is 208 Å². The van der Waals surface area contributed by atoms with Crippen LogP contribution in [-0.4, -0.2) is 13.7 Å². The largest absolute Gasteiger partial charge is 0.309 e. The molecule has 5 nitrogen and oxygen atoms in total. The summed E-state index contributed by atoms with van der Waals surface area (Å²) in [7, 11) is 0. The smallest absolute Gasteiger partial charge is 0.0998 e. The summed E-state index contributed by atoms with van der Waals surface area (Å²) in [4.78, 5) is 0. The van der Waals surface area contributed by atoms with Crippen molar-refractivity contribution in [2.45, 2.75) is 0 Å². The fourth-order valence-corrected chi connectivity index (χ4v) is 9.87. The van der Waals surface area contributed by atoms with Crippen molar-refractivity contribution < 1.29 is 0 Å². The van der Waals surface area contributed by atoms with Crippen molar-refractivity contribution in [1.82, 2.24) is 13.7 Å². The normalized spacial score (nSPS) is 11.6. The number of hydrogen-bond donors (Lipinski definition) is 0. The number of fused-ring (bicyclic) bond motifs is 9. The molecular weight excluding hydrogens is 743 g/mol. The summed E-state index contributed by atoms with van der Waals surface area (Å²) in [6.45, 7) is 0. The van der Waals surface area contributed by atoms with Crippen LogP contribution in [0.3, 0.4) is 0 Å². The third-order valence-electron chi connectivity index (χ3n) is 12.3. The van der Waals surface area contributed by atoms with Crippen LogP contribution in [0.4, 0.5) is 0 Å². The molecule has 0 radical (unpaired) electrons. The predicted octanol–water partition coefficient (Wildman–Crippen LogP) is 14.1. The summed E-state index contributed by atoms with van der Waals surface area (Å²) in [6, 6.07) is 74.9. The Hall–Kier alpha value is -8.64. The average molecular weight is 776 g/mol. The molecule has 0 bridgehead atoms. The van der Waals surface area contributed by atoms with Crippen molar-refractivity contribution >= 4 is 65.4 Å². The minimum Gasteiger partial charge on any atom is -0.309 e. The summed E-state index contributed by atoms with van der Waals surface area (Å²) < 4.78 is 7.14. The molecule has 0 amide bonds. The van der Waals surface area contributed by atoms with E-state index in [1.807, 2.05) is 12.1 Å². The highest BCUT2D eigenvalue weighted by Crippen LogP contribution is 2.46. The zero-order chi connectivity index (χ0) is 40.6. The lowest BCUT2D eigenvalue weighted by atomic mass is 9.89. The summed E-state index contributed by atoms with van der Waals surface area (Å²) >= 11 is 0. The zero-order valence-electron chi connectivity index (χ0n) is 32.8. The summed E-state index contributed by atoms with van der Waals surface area (Å²) in [5.74, 6) is 0. The second-order valence-corrected chi connectivity index (χ2v) is 15.5. The van der Waals surface area contributed by atoms with Gasteiger partial charge in [-0.3, -0.25) is 0 Å². The zero-order valence-corrected chi connectivity index (χ0v) is 32.8. The highest BCUT2D eigenvalue weighted by atomic mass is 15.0. The molecule has 0 aliphatic rings. The Bertz CT molecular complexity index is 3750. The van der Waals surface area contributed by atoms with Gasteiger partial charge in [0.25, 0.3) is 0 Å². The molecule has 0 spiro atoms. The van der Waals surface area contributed by atoms with E-state index in [1.54, 1.807) is 6.07 Å². The van der Waals surface area contributed by atoms with Crippen LogP contribution < -0.4 is 0 Å². The van der Waals surface area contributed by atoms with Crippen LogP contribution in [0, 0.1) is 22.7 Å². The molecular formula is C56H33N5. The second kappa shape index (κ2) is 13.5. The minimum absolute atomic E-state index is 0.443. The summed E-state index contributed by atoms with van der Waals surface area (Å²) in [5.41, 5.74) is 14.3. The molecule has 9 aromatic carbocycles. The fourth-order valence-electron chi connectivity index (χ4n) is 9.87. The highest BCUT2D eigenvalue weighted by molar-refractivity contribution is 6.17. The van der Waals surface area contributed by atoms with E-state index < -0.39 is 0 Å². The maximum absolute atomic E-state index is 10.7. The molecule has 0 aliphatic carbocycles. The predicted molar refractivity (Wildman–Crippen MR) is 250 cm³/mol. The van der Waals surface area contributed by atoms with Gasteiger partial charge in [0.2, 0.25) is 0 Å². The van der Waals surface area contributed by atoms with Crippen molar-refractivity contribution in [3.05, 3.63) is 211 Å². The topological polar surface area (TPSA) is 62.4 Å². The van der Waals surface area contributed by atoms with Crippen molar-refractivity contribution in [3.8, 4) is 51.5 Å². The lowest BCUT2D eigenvalue weighted by Gasteiger charge is -2.21. The van der Waals surface area contributed by atoms with Gasteiger partial charge in [-0.15, -0.1) is 0 Å². The lowest BCUT2D eigenvalue weighted by molar-refractivity contribution is 1.16. The molecule has 0 fully saturated rings. The van der Waals surface area contributed by atoms with Gasteiger partial charge < -0.3 is 13.7 Å². The summed E-state index contributed by atoms with van der Waals surface area (Å²) in [6.07, 6.45) is 0. The molecule has 282 valence electrons. The van der Waals surface area contributed by atoms with Gasteiger partial charge >= 0.3 is 0 Å². The minimum atomic E-state index is 0.443. The number of para-hydroxylation sites is 6. The van der Waals surface area contributed by atoms with Gasteiger partial charge in [-0.2, -0.15) is 10.5 Å². The van der Waals surface area contributed by atoms with Crippen LogP contribution in [0.25, 0.3) is 105 Å². The Morgan fingerprint density at radius 2 is 0.738 bits per heavy atom. The molecule has 3 heterocycles. The molecule has 0 atom stereocenters. The molecule has 0 unspecified atom stereocenters. The van der Waals surface area contributed by atoms with Crippen LogP contribution in [0.1, 0.15) is 11.1 Å². The highest BCUT2D eigenvalue weighted by Gasteiger charge is 2.25. The molecule has 61 heavy (non-hydrogen) atoms. The number of benzene rings is 9. The summed E-state index contributed by atoms with van der Waals surface area (Å²) in [5, 5.41) is 27.7. The second-order valence-electron chi connectivity index (χ2n) is 15.5. The van der Waals surface area contributed by atoms with E-state index in [-0.39, 0.29) is 0 Å². The number of aromatic nitrogens is 3. The third-order valence-corrected chi connectivity index (χ3v) is 12.3. The van der Waals surface area contributed by atoms with E-state index in [9.17, 15) is 10.5 Å². The van der Waals surface area contributed by atoms with E-state index in [4.69, 9.17) is 0 Å². The molecule has 3 aromatic heterocycles. The van der Waals surface area contributed by atoms with Crippen molar-refractivity contribution in [2.24, 2.45) is 0 Å². The molecule has 0 saturated carbocycles. The number of nitriles is 2. The van der Waals surface area contributed by atoms with Gasteiger partial charge in [0.05, 0.1) is 73.4 Å². The monoisotopic (exact) mass is 775 g/mol. The Kier molecular flexibility index (Phi) is 7.59. The molecule has 0 saturated heterocycles. The Labute approximate surface area is 351 Å². The van der Waals surface area contributed by atoms with Crippen LogP contribution in [0.2, 0.25) is 0 Å². The Morgan fingerprint density at radius 3 is 1.33 bits per heavy atom. The number of rotatable bonds is 5. The standard InChI is InChI=1S/C56H33N5/c57-34-36-31-32-38(37(33-36)35-58)55-44(21-13-28-52(55)59-46-22-7-1-15-39(46)40-16-2-8-23-47(40)59)43-19-5-11-26-50(43)61-51-27-12-6-20-45(51)56-53(29-14-30-54(56)61)60-48-24-9-3-17-41(48)42-18-4-10-25-49(42)60/h1-33H. The third kappa shape index (κ3) is 4.99. The van der Waals surface area contributed by atoms with E-state index in [0.29, 0.717) is 11.1 Å². The fraction of sp³-hybridized carbons (Fsp3) is 0. The molecule has 0 N–H and O–H groups in total. The molecule has 5 heteroatoms. The molecule has 12 aromatic rings. The first-order valence-corrected chi connectivity index (χ1v) is 20.4. The number of hydrogen-bond acceptors (Lipinski definition) is 2. The van der Waals surface area contributed by atoms with Gasteiger partial charge in [-0.1, -0.05) is 133 Å². The van der Waals surface area contributed by atoms with E-state index in [1.165, 1.54) is 10.8 Å². The van der Waals surface area contributed by atoms with Crippen LogP contribution >= 0.6 is 0 Å². The first-order valence-electron chi connectivity index (χ1n) is 20.4. The Balaban J connectivity index is 1.19. The van der Waals surface area contributed by atoms with Gasteiger partial charge in [0.1, 0.15) is 0 Å². The first kappa shape index (κ1) is 34.4. The van der Waals surface area contributed by atoms with Gasteiger partial charge in [0.15, 0.2) is 0 Å². The van der Waals surface area contributed by atoms with Gasteiger partial charge in [-0.25, -0.2) is 0 Å². The average Bonchev–Trinajstić information content (AvgIpc) is 3.97. The number of nitrogens with zero attached hydrogens (tertiary/aromatic N) is 5. The quantitative estimate of drug-likeness (QED) is 0.175. The lowest BCUT2D eigenvalue weighted by Crippen LogP contribution is -2.03. The van der Waals surface area contributed by atoms with E-state index >= 15 is 0 Å². The SMILES string of the molecule is N#Cc1ccc(-c2c(-c3ccccc3-n3c4ccccc4c4c(-n5c6ccccc6c6ccccc65)cccc43)cccc2-n2c3ccccc3c3ccccc32)c(C#N)c1. The maximum Gasteiger partial charge on any atom is 0.0998 e.